The van der Waals surface area contributed by atoms with Crippen molar-refractivity contribution in [1.82, 2.24) is 10.2 Å². The highest BCUT2D eigenvalue weighted by Crippen LogP contribution is 2.34. The van der Waals surface area contributed by atoms with Crippen LogP contribution in [0.5, 0.6) is 0 Å². The third-order valence-corrected chi connectivity index (χ3v) is 5.88. The summed E-state index contributed by atoms with van der Waals surface area (Å²) in [7, 11) is 0. The highest BCUT2D eigenvalue weighted by Gasteiger charge is 2.32. The topological polar surface area (TPSA) is 15.3 Å². The summed E-state index contributed by atoms with van der Waals surface area (Å²) >= 11 is 0. The average Bonchev–Trinajstić information content (AvgIpc) is 2.94. The molecular formula is C19H38N2. The van der Waals surface area contributed by atoms with Crippen molar-refractivity contribution < 1.29 is 0 Å². The minimum absolute atomic E-state index is 0.790. The summed E-state index contributed by atoms with van der Waals surface area (Å²) in [6, 6.07) is 0.790. The molecule has 21 heavy (non-hydrogen) atoms. The summed E-state index contributed by atoms with van der Waals surface area (Å²) in [5, 5.41) is 3.86. The van der Waals surface area contributed by atoms with Crippen LogP contribution in [-0.2, 0) is 0 Å². The molecule has 2 aliphatic rings. The molecule has 2 fully saturated rings. The zero-order chi connectivity index (χ0) is 15.1. The Morgan fingerprint density at radius 3 is 2.52 bits per heavy atom. The normalized spacial score (nSPS) is 34.4. The summed E-state index contributed by atoms with van der Waals surface area (Å²) in [5.41, 5.74) is 0. The lowest BCUT2D eigenvalue weighted by molar-refractivity contribution is 0.146. The fourth-order valence-electron chi connectivity index (χ4n) is 4.58. The Morgan fingerprint density at radius 2 is 1.86 bits per heavy atom. The fraction of sp³-hybridized carbons (Fsp3) is 1.00. The van der Waals surface area contributed by atoms with Gasteiger partial charge in [-0.3, -0.25) is 0 Å². The van der Waals surface area contributed by atoms with Gasteiger partial charge < -0.3 is 10.2 Å². The Bertz CT molecular complexity index is 279. The summed E-state index contributed by atoms with van der Waals surface area (Å²) in [6.07, 6.45) is 11.3. The molecule has 1 aliphatic carbocycles. The monoisotopic (exact) mass is 294 g/mol. The Kier molecular flexibility index (Phi) is 7.53. The van der Waals surface area contributed by atoms with Crippen LogP contribution in [0, 0.1) is 17.8 Å². The van der Waals surface area contributed by atoms with Gasteiger partial charge in [-0.15, -0.1) is 0 Å². The van der Waals surface area contributed by atoms with Crippen molar-refractivity contribution in [3.8, 4) is 0 Å². The van der Waals surface area contributed by atoms with E-state index in [0.717, 1.165) is 23.8 Å². The third kappa shape index (κ3) is 5.25. The van der Waals surface area contributed by atoms with Gasteiger partial charge in [0, 0.05) is 19.1 Å². The van der Waals surface area contributed by atoms with E-state index >= 15 is 0 Å². The summed E-state index contributed by atoms with van der Waals surface area (Å²) in [5.74, 6) is 2.88. The van der Waals surface area contributed by atoms with E-state index in [4.69, 9.17) is 0 Å². The predicted molar refractivity (Wildman–Crippen MR) is 92.7 cm³/mol. The molecule has 1 N–H and O–H groups in total. The first kappa shape index (κ1) is 17.3. The summed E-state index contributed by atoms with van der Waals surface area (Å²) < 4.78 is 0. The van der Waals surface area contributed by atoms with Crippen molar-refractivity contribution in [1.29, 1.82) is 0 Å². The van der Waals surface area contributed by atoms with Gasteiger partial charge in [0.05, 0.1) is 0 Å². The maximum Gasteiger partial charge on any atom is 0.0108 e. The number of hydrogen-bond donors (Lipinski definition) is 1. The van der Waals surface area contributed by atoms with Crippen molar-refractivity contribution in [2.75, 3.05) is 26.2 Å². The number of likely N-dealkylation sites (tertiary alicyclic amines) is 1. The minimum Gasteiger partial charge on any atom is -0.314 e. The molecule has 0 aromatic carbocycles. The zero-order valence-corrected chi connectivity index (χ0v) is 14.7. The standard InChI is InChI=1S/C19H38N2/c1-4-7-17-8-9-19(20-11-5-2)18(13-17)15-21-12-10-16(6-3)14-21/h16-20H,4-15H2,1-3H3. The Balaban J connectivity index is 1.86. The number of hydrogen-bond acceptors (Lipinski definition) is 2. The van der Waals surface area contributed by atoms with Gasteiger partial charge in [-0.2, -0.15) is 0 Å². The molecule has 1 saturated heterocycles. The molecule has 0 spiro atoms. The van der Waals surface area contributed by atoms with Crippen LogP contribution in [0.3, 0.4) is 0 Å². The maximum absolute atomic E-state index is 3.86. The fourth-order valence-corrected chi connectivity index (χ4v) is 4.58. The first-order valence-corrected chi connectivity index (χ1v) is 9.72. The highest BCUT2D eigenvalue weighted by atomic mass is 15.2. The number of nitrogens with one attached hydrogen (secondary N) is 1. The summed E-state index contributed by atoms with van der Waals surface area (Å²) in [4.78, 5) is 2.77. The first-order valence-electron chi connectivity index (χ1n) is 9.72. The van der Waals surface area contributed by atoms with Crippen molar-refractivity contribution >= 4 is 0 Å². The van der Waals surface area contributed by atoms with E-state index in [1.165, 1.54) is 77.5 Å². The number of nitrogens with zero attached hydrogens (tertiary/aromatic N) is 1. The molecule has 1 heterocycles. The lowest BCUT2D eigenvalue weighted by Gasteiger charge is -2.39. The van der Waals surface area contributed by atoms with Crippen molar-refractivity contribution in [3.63, 3.8) is 0 Å². The Labute approximate surface area is 133 Å². The van der Waals surface area contributed by atoms with E-state index < -0.39 is 0 Å². The van der Waals surface area contributed by atoms with E-state index in [1.807, 2.05) is 0 Å². The largest absolute Gasteiger partial charge is 0.314 e. The van der Waals surface area contributed by atoms with E-state index in [-0.39, 0.29) is 0 Å². The maximum atomic E-state index is 3.86. The van der Waals surface area contributed by atoms with Crippen LogP contribution in [0.1, 0.15) is 72.1 Å². The molecule has 0 bridgehead atoms. The molecule has 2 rings (SSSR count). The van der Waals surface area contributed by atoms with E-state index in [1.54, 1.807) is 0 Å². The Hall–Kier alpha value is -0.0800. The van der Waals surface area contributed by atoms with Gasteiger partial charge in [0.2, 0.25) is 0 Å². The van der Waals surface area contributed by atoms with E-state index in [2.05, 4.69) is 31.0 Å². The van der Waals surface area contributed by atoms with Crippen molar-refractivity contribution in [2.24, 2.45) is 17.8 Å². The average molecular weight is 295 g/mol. The van der Waals surface area contributed by atoms with Gasteiger partial charge in [0.15, 0.2) is 0 Å². The van der Waals surface area contributed by atoms with Gasteiger partial charge >= 0.3 is 0 Å². The molecule has 1 saturated carbocycles. The minimum atomic E-state index is 0.790. The molecule has 0 amide bonds. The van der Waals surface area contributed by atoms with Gasteiger partial charge in [-0.05, 0) is 62.9 Å². The van der Waals surface area contributed by atoms with E-state index in [0.29, 0.717) is 0 Å². The van der Waals surface area contributed by atoms with Crippen molar-refractivity contribution in [2.45, 2.75) is 78.2 Å². The Morgan fingerprint density at radius 1 is 1.00 bits per heavy atom. The smallest absolute Gasteiger partial charge is 0.0108 e. The molecule has 4 atom stereocenters. The van der Waals surface area contributed by atoms with Crippen LogP contribution in [0.15, 0.2) is 0 Å². The SMILES string of the molecule is CCCNC1CCC(CCC)CC1CN1CCC(CC)C1. The summed E-state index contributed by atoms with van der Waals surface area (Å²) in [6.45, 7) is 12.3. The molecule has 124 valence electrons. The van der Waals surface area contributed by atoms with Crippen LogP contribution < -0.4 is 5.32 Å². The molecule has 0 aromatic rings. The molecule has 4 unspecified atom stereocenters. The number of rotatable bonds is 8. The molecule has 0 aromatic heterocycles. The lowest BCUT2D eigenvalue weighted by atomic mass is 9.76. The second kappa shape index (κ2) is 9.15. The highest BCUT2D eigenvalue weighted by molar-refractivity contribution is 4.88. The van der Waals surface area contributed by atoms with Crippen LogP contribution in [0.25, 0.3) is 0 Å². The predicted octanol–water partition coefficient (Wildman–Crippen LogP) is 4.30. The van der Waals surface area contributed by atoms with Crippen molar-refractivity contribution in [3.05, 3.63) is 0 Å². The quantitative estimate of drug-likeness (QED) is 0.718. The molecule has 2 heteroatoms. The molecule has 0 radical (unpaired) electrons. The van der Waals surface area contributed by atoms with Gasteiger partial charge in [0.1, 0.15) is 0 Å². The van der Waals surface area contributed by atoms with Crippen LogP contribution in [0.4, 0.5) is 0 Å². The second-order valence-electron chi connectivity index (χ2n) is 7.61. The molecule has 2 nitrogen and oxygen atoms in total. The van der Waals surface area contributed by atoms with Crippen LogP contribution in [-0.4, -0.2) is 37.1 Å². The zero-order valence-electron chi connectivity index (χ0n) is 14.7. The van der Waals surface area contributed by atoms with Gasteiger partial charge in [0.25, 0.3) is 0 Å². The van der Waals surface area contributed by atoms with Crippen LogP contribution >= 0.6 is 0 Å². The lowest BCUT2D eigenvalue weighted by Crippen LogP contribution is -2.45. The second-order valence-corrected chi connectivity index (χ2v) is 7.61. The first-order chi connectivity index (χ1) is 10.3. The molecular weight excluding hydrogens is 256 g/mol. The third-order valence-electron chi connectivity index (χ3n) is 5.88. The van der Waals surface area contributed by atoms with Gasteiger partial charge in [-0.1, -0.05) is 40.0 Å². The van der Waals surface area contributed by atoms with Crippen LogP contribution in [0.2, 0.25) is 0 Å². The van der Waals surface area contributed by atoms with Gasteiger partial charge in [-0.25, -0.2) is 0 Å². The molecule has 1 aliphatic heterocycles. The van der Waals surface area contributed by atoms with E-state index in [9.17, 15) is 0 Å².